The molecule has 0 saturated heterocycles. The van der Waals surface area contributed by atoms with Crippen LogP contribution in [0.4, 0.5) is 28.4 Å². The maximum atomic E-state index is 10.8. The minimum absolute atomic E-state index is 0.213. The van der Waals surface area contributed by atoms with Gasteiger partial charge in [0.2, 0.25) is 0 Å². The van der Waals surface area contributed by atoms with Crippen molar-refractivity contribution in [1.82, 2.24) is 0 Å². The van der Waals surface area contributed by atoms with E-state index in [4.69, 9.17) is 5.11 Å². The molecule has 0 fully saturated rings. The lowest BCUT2D eigenvalue weighted by Gasteiger charge is -2.01. The molecule has 0 radical (unpaired) electrons. The van der Waals surface area contributed by atoms with E-state index in [1.165, 1.54) is 12.1 Å². The Hall–Kier alpha value is -3.87. The average molecular weight is 373 g/mol. The lowest BCUT2D eigenvalue weighted by molar-refractivity contribution is 0.0697. The molecular weight excluding hydrogens is 354 g/mol. The van der Waals surface area contributed by atoms with Crippen LogP contribution in [-0.4, -0.2) is 17.6 Å². The van der Waals surface area contributed by atoms with E-state index in [-0.39, 0.29) is 5.56 Å². The van der Waals surface area contributed by atoms with Gasteiger partial charge in [0.1, 0.15) is 0 Å². The molecule has 0 atom stereocenters. The maximum Gasteiger partial charge on any atom is 0.335 e. The molecule has 3 rings (SSSR count). The second kappa shape index (κ2) is 9.18. The number of hydrogen-bond donors (Lipinski definition) is 2. The average Bonchev–Trinajstić information content (AvgIpc) is 2.73. The molecule has 0 saturated carbocycles. The monoisotopic (exact) mass is 373 g/mol. The second-order valence-electron chi connectivity index (χ2n) is 5.85. The molecule has 0 amide bonds. The largest absolute Gasteiger partial charge is 0.478 e. The smallest absolute Gasteiger partial charge is 0.335 e. The van der Waals surface area contributed by atoms with Crippen molar-refractivity contribution in [2.24, 2.45) is 20.5 Å². The number of aromatic carboxylic acids is 1. The van der Waals surface area contributed by atoms with Gasteiger partial charge in [-0.1, -0.05) is 0 Å². The summed E-state index contributed by atoms with van der Waals surface area (Å²) >= 11 is 0. The summed E-state index contributed by atoms with van der Waals surface area (Å²) in [7, 11) is 0. The highest BCUT2D eigenvalue weighted by Crippen LogP contribution is 2.24. The van der Waals surface area contributed by atoms with Crippen molar-refractivity contribution in [3.8, 4) is 0 Å². The van der Waals surface area contributed by atoms with Crippen molar-refractivity contribution in [3.63, 3.8) is 0 Å². The maximum absolute atomic E-state index is 10.8. The quantitative estimate of drug-likeness (QED) is 0.454. The molecule has 7 heteroatoms. The van der Waals surface area contributed by atoms with Crippen molar-refractivity contribution in [2.45, 2.75) is 6.92 Å². The van der Waals surface area contributed by atoms with Gasteiger partial charge in [-0.3, -0.25) is 0 Å². The summed E-state index contributed by atoms with van der Waals surface area (Å²) in [6, 6.07) is 21.1. The zero-order valence-electron chi connectivity index (χ0n) is 15.3. The first-order valence-corrected chi connectivity index (χ1v) is 8.75. The Morgan fingerprint density at radius 2 is 1.07 bits per heavy atom. The Balaban J connectivity index is 1.61. The molecule has 140 valence electrons. The van der Waals surface area contributed by atoms with Gasteiger partial charge in [-0.15, -0.1) is 0 Å². The molecule has 0 aliphatic heterocycles. The molecule has 0 unspecified atom stereocenters. The van der Waals surface area contributed by atoms with E-state index in [0.717, 1.165) is 17.9 Å². The van der Waals surface area contributed by atoms with E-state index in [1.54, 1.807) is 36.4 Å². The Morgan fingerprint density at radius 3 is 1.43 bits per heavy atom. The number of rotatable bonds is 7. The van der Waals surface area contributed by atoms with Crippen LogP contribution in [0.3, 0.4) is 0 Å². The summed E-state index contributed by atoms with van der Waals surface area (Å²) in [4.78, 5) is 10.8. The minimum Gasteiger partial charge on any atom is -0.478 e. The number of hydrogen-bond acceptors (Lipinski definition) is 6. The molecule has 0 heterocycles. The number of nitrogens with zero attached hydrogens (tertiary/aromatic N) is 4. The van der Waals surface area contributed by atoms with Crippen molar-refractivity contribution < 1.29 is 9.90 Å². The molecule has 2 N–H and O–H groups in total. The third-order valence-corrected chi connectivity index (χ3v) is 3.77. The van der Waals surface area contributed by atoms with Crippen LogP contribution in [0.2, 0.25) is 0 Å². The van der Waals surface area contributed by atoms with Crippen LogP contribution >= 0.6 is 0 Å². The Labute approximate surface area is 162 Å². The van der Waals surface area contributed by atoms with Gasteiger partial charge in [0.25, 0.3) is 0 Å². The van der Waals surface area contributed by atoms with Crippen molar-refractivity contribution in [3.05, 3.63) is 78.4 Å². The van der Waals surface area contributed by atoms with Crippen LogP contribution in [0.1, 0.15) is 17.3 Å². The molecular formula is C21H19N5O2. The van der Waals surface area contributed by atoms with Gasteiger partial charge in [0.15, 0.2) is 0 Å². The number of carboxylic acid groups (broad SMARTS) is 1. The van der Waals surface area contributed by atoms with Crippen LogP contribution in [-0.2, 0) is 0 Å². The summed E-state index contributed by atoms with van der Waals surface area (Å²) in [5, 5.41) is 28.8. The first-order valence-electron chi connectivity index (χ1n) is 8.75. The first-order chi connectivity index (χ1) is 13.6. The SMILES string of the molecule is CCNc1ccc(N=Nc2ccc(N=Nc3ccc(C(=O)O)cc3)cc2)cc1. The summed E-state index contributed by atoms with van der Waals surface area (Å²) < 4.78 is 0. The molecule has 0 bridgehead atoms. The number of carbonyl (C=O) groups is 1. The van der Waals surface area contributed by atoms with Gasteiger partial charge in [0, 0.05) is 12.2 Å². The third-order valence-electron chi connectivity index (χ3n) is 3.77. The van der Waals surface area contributed by atoms with E-state index < -0.39 is 5.97 Å². The lowest BCUT2D eigenvalue weighted by Crippen LogP contribution is -1.94. The van der Waals surface area contributed by atoms with Crippen LogP contribution < -0.4 is 5.32 Å². The van der Waals surface area contributed by atoms with Gasteiger partial charge in [-0.25, -0.2) is 4.79 Å². The lowest BCUT2D eigenvalue weighted by atomic mass is 10.2. The van der Waals surface area contributed by atoms with E-state index in [2.05, 4.69) is 25.8 Å². The highest BCUT2D eigenvalue weighted by atomic mass is 16.4. The van der Waals surface area contributed by atoms with Crippen molar-refractivity contribution in [2.75, 3.05) is 11.9 Å². The predicted molar refractivity (Wildman–Crippen MR) is 109 cm³/mol. The van der Waals surface area contributed by atoms with E-state index >= 15 is 0 Å². The fraction of sp³-hybridized carbons (Fsp3) is 0.0952. The molecule has 0 aliphatic rings. The van der Waals surface area contributed by atoms with Crippen molar-refractivity contribution in [1.29, 1.82) is 0 Å². The molecule has 0 aliphatic carbocycles. The highest BCUT2D eigenvalue weighted by molar-refractivity contribution is 5.87. The van der Waals surface area contributed by atoms with E-state index in [0.29, 0.717) is 17.1 Å². The topological polar surface area (TPSA) is 98.8 Å². The van der Waals surface area contributed by atoms with Crippen molar-refractivity contribution >= 4 is 34.4 Å². The van der Waals surface area contributed by atoms with E-state index in [9.17, 15) is 4.79 Å². The number of anilines is 1. The molecule has 0 aromatic heterocycles. The first kappa shape index (κ1) is 18.9. The summed E-state index contributed by atoms with van der Waals surface area (Å²) in [6.45, 7) is 2.92. The zero-order valence-corrected chi connectivity index (χ0v) is 15.3. The van der Waals surface area contributed by atoms with Crippen LogP contribution in [0.25, 0.3) is 0 Å². The van der Waals surface area contributed by atoms with E-state index in [1.807, 2.05) is 31.2 Å². The Morgan fingerprint density at radius 1 is 0.714 bits per heavy atom. The number of benzene rings is 3. The third kappa shape index (κ3) is 5.31. The Bertz CT molecular complexity index is 979. The highest BCUT2D eigenvalue weighted by Gasteiger charge is 2.01. The number of azo groups is 2. The normalized spacial score (nSPS) is 11.2. The molecule has 3 aromatic rings. The molecule has 0 spiro atoms. The Kier molecular flexibility index (Phi) is 6.20. The molecule has 3 aromatic carbocycles. The van der Waals surface area contributed by atoms with Crippen LogP contribution in [0.15, 0.2) is 93.3 Å². The minimum atomic E-state index is -0.971. The second-order valence-corrected chi connectivity index (χ2v) is 5.85. The van der Waals surface area contributed by atoms with Gasteiger partial charge >= 0.3 is 5.97 Å². The standard InChI is InChI=1S/C21H19N5O2/c1-2-22-16-7-9-18(10-8-16)24-26-20-13-11-19(12-14-20)25-23-17-5-3-15(4-6-17)21(27)28/h3-14,22H,2H2,1H3,(H,27,28). The summed E-state index contributed by atoms with van der Waals surface area (Å²) in [6.07, 6.45) is 0. The van der Waals surface area contributed by atoms with Gasteiger partial charge < -0.3 is 10.4 Å². The van der Waals surface area contributed by atoms with Crippen LogP contribution in [0, 0.1) is 0 Å². The molecule has 28 heavy (non-hydrogen) atoms. The number of nitrogens with one attached hydrogen (secondary N) is 1. The summed E-state index contributed by atoms with van der Waals surface area (Å²) in [5.74, 6) is -0.971. The fourth-order valence-corrected chi connectivity index (χ4v) is 2.34. The molecule has 7 nitrogen and oxygen atoms in total. The number of carboxylic acids is 1. The van der Waals surface area contributed by atoms with Crippen LogP contribution in [0.5, 0.6) is 0 Å². The summed E-state index contributed by atoms with van der Waals surface area (Å²) in [5.41, 5.74) is 3.99. The predicted octanol–water partition coefficient (Wildman–Crippen LogP) is 6.65. The fourth-order valence-electron chi connectivity index (χ4n) is 2.34. The zero-order chi connectivity index (χ0) is 19.8. The van der Waals surface area contributed by atoms with Gasteiger partial charge in [-0.2, -0.15) is 20.5 Å². The van der Waals surface area contributed by atoms with Gasteiger partial charge in [-0.05, 0) is 79.7 Å². The van der Waals surface area contributed by atoms with Gasteiger partial charge in [0.05, 0.1) is 28.3 Å².